The molecule has 1 heterocycles. The molecule has 0 bridgehead atoms. The lowest BCUT2D eigenvalue weighted by molar-refractivity contribution is -0.146. The lowest BCUT2D eigenvalue weighted by Crippen LogP contribution is -2.45. The van der Waals surface area contributed by atoms with Crippen LogP contribution in [0.15, 0.2) is 35.5 Å². The van der Waals surface area contributed by atoms with Gasteiger partial charge in [0.05, 0.1) is 11.6 Å². The number of nitrogens with zero attached hydrogens (tertiary/aromatic N) is 1. The zero-order valence-corrected chi connectivity index (χ0v) is 18.0. The Morgan fingerprint density at radius 2 is 1.86 bits per heavy atom. The van der Waals surface area contributed by atoms with Crippen molar-refractivity contribution < 1.29 is 14.3 Å². The van der Waals surface area contributed by atoms with Gasteiger partial charge in [-0.1, -0.05) is 25.5 Å². The van der Waals surface area contributed by atoms with E-state index in [1.165, 1.54) is 6.42 Å². The first kappa shape index (κ1) is 21.2. The Labute approximate surface area is 173 Å². The van der Waals surface area contributed by atoms with Crippen molar-refractivity contribution in [3.05, 3.63) is 41.1 Å². The van der Waals surface area contributed by atoms with Crippen molar-refractivity contribution >= 4 is 17.7 Å². The van der Waals surface area contributed by atoms with Crippen molar-refractivity contribution in [3.8, 4) is 0 Å². The molecule has 1 saturated carbocycles. The average molecular weight is 400 g/mol. The fraction of sp³-hybridized carbons (Fsp3) is 0.565. The SMILES string of the molecule is CCN(CC)c1ccc([C@@H]2NC(=O)NC(C)=C2C(=O)O[C@H]2CCC[C@H](C)C2)cc1. The second-order valence-corrected chi connectivity index (χ2v) is 8.13. The first-order chi connectivity index (χ1) is 13.9. The molecular formula is C23H33N3O3. The number of nitrogens with one attached hydrogen (secondary N) is 2. The highest BCUT2D eigenvalue weighted by Crippen LogP contribution is 2.31. The molecule has 6 heteroatoms. The monoisotopic (exact) mass is 399 g/mol. The van der Waals surface area contributed by atoms with Crippen LogP contribution in [0.2, 0.25) is 0 Å². The van der Waals surface area contributed by atoms with Gasteiger partial charge in [0.1, 0.15) is 6.10 Å². The highest BCUT2D eigenvalue weighted by molar-refractivity contribution is 5.95. The summed E-state index contributed by atoms with van der Waals surface area (Å²) in [5, 5.41) is 5.62. The second kappa shape index (κ2) is 9.33. The van der Waals surface area contributed by atoms with Gasteiger partial charge < -0.3 is 20.3 Å². The molecule has 1 aromatic rings. The highest BCUT2D eigenvalue weighted by atomic mass is 16.5. The predicted molar refractivity (Wildman–Crippen MR) is 115 cm³/mol. The van der Waals surface area contributed by atoms with E-state index in [0.717, 1.165) is 43.6 Å². The number of carbonyl (C=O) groups is 2. The molecule has 1 fully saturated rings. The number of benzene rings is 1. The molecule has 6 nitrogen and oxygen atoms in total. The Balaban J connectivity index is 1.83. The van der Waals surface area contributed by atoms with E-state index in [-0.39, 0.29) is 18.1 Å². The number of urea groups is 1. The molecule has 2 aliphatic rings. The van der Waals surface area contributed by atoms with Gasteiger partial charge >= 0.3 is 12.0 Å². The van der Waals surface area contributed by atoms with Crippen LogP contribution in [0.3, 0.4) is 0 Å². The zero-order valence-electron chi connectivity index (χ0n) is 18.0. The van der Waals surface area contributed by atoms with E-state index >= 15 is 0 Å². The predicted octanol–water partition coefficient (Wildman–Crippen LogP) is 4.28. The van der Waals surface area contributed by atoms with Crippen LogP contribution in [0.1, 0.15) is 65.0 Å². The van der Waals surface area contributed by atoms with Crippen molar-refractivity contribution in [1.82, 2.24) is 10.6 Å². The summed E-state index contributed by atoms with van der Waals surface area (Å²) in [5.41, 5.74) is 3.04. The molecule has 1 aromatic carbocycles. The standard InChI is InChI=1S/C23H33N3O3/c1-5-26(6-2)18-12-10-17(11-13-18)21-20(16(4)24-23(28)25-21)22(27)29-19-9-7-8-15(3)14-19/h10-13,15,19,21H,5-9,14H2,1-4H3,(H2,24,25,28)/t15-,19-,21-/m0/s1. The van der Waals surface area contributed by atoms with Crippen molar-refractivity contribution in [3.63, 3.8) is 0 Å². The molecule has 2 N–H and O–H groups in total. The molecule has 2 amide bonds. The molecule has 0 saturated heterocycles. The minimum Gasteiger partial charge on any atom is -0.459 e. The molecule has 1 aliphatic carbocycles. The van der Waals surface area contributed by atoms with E-state index in [9.17, 15) is 9.59 Å². The van der Waals surface area contributed by atoms with Gasteiger partial charge in [-0.05, 0) is 63.6 Å². The van der Waals surface area contributed by atoms with E-state index in [0.29, 0.717) is 17.2 Å². The van der Waals surface area contributed by atoms with Crippen molar-refractivity contribution in [1.29, 1.82) is 0 Å². The van der Waals surface area contributed by atoms with Crippen LogP contribution in [-0.4, -0.2) is 31.2 Å². The minimum absolute atomic E-state index is 0.0464. The number of esters is 1. The molecule has 0 radical (unpaired) electrons. The molecule has 0 unspecified atom stereocenters. The summed E-state index contributed by atoms with van der Waals surface area (Å²) < 4.78 is 5.86. The van der Waals surface area contributed by atoms with Gasteiger partial charge in [-0.25, -0.2) is 9.59 Å². The van der Waals surface area contributed by atoms with Crippen molar-refractivity contribution in [2.45, 2.75) is 65.5 Å². The Bertz CT molecular complexity index is 768. The first-order valence-electron chi connectivity index (χ1n) is 10.8. The Morgan fingerprint density at radius 3 is 2.48 bits per heavy atom. The van der Waals surface area contributed by atoms with E-state index in [1.807, 2.05) is 24.3 Å². The van der Waals surface area contributed by atoms with Gasteiger partial charge in [-0.3, -0.25) is 0 Å². The largest absolute Gasteiger partial charge is 0.459 e. The van der Waals surface area contributed by atoms with Crippen LogP contribution < -0.4 is 15.5 Å². The highest BCUT2D eigenvalue weighted by Gasteiger charge is 2.34. The number of rotatable bonds is 6. The Kier molecular flexibility index (Phi) is 6.83. The van der Waals surface area contributed by atoms with Crippen LogP contribution in [0.25, 0.3) is 0 Å². The quantitative estimate of drug-likeness (QED) is 0.701. The van der Waals surface area contributed by atoms with Crippen LogP contribution >= 0.6 is 0 Å². The maximum Gasteiger partial charge on any atom is 0.338 e. The fourth-order valence-corrected chi connectivity index (χ4v) is 4.38. The topological polar surface area (TPSA) is 70.7 Å². The summed E-state index contributed by atoms with van der Waals surface area (Å²) in [6, 6.07) is 7.22. The third-order valence-corrected chi connectivity index (χ3v) is 6.01. The van der Waals surface area contributed by atoms with Crippen LogP contribution in [0, 0.1) is 5.92 Å². The van der Waals surface area contributed by atoms with Gasteiger partial charge in [-0.2, -0.15) is 0 Å². The summed E-state index contributed by atoms with van der Waals surface area (Å²) in [7, 11) is 0. The summed E-state index contributed by atoms with van der Waals surface area (Å²) in [5.74, 6) is 0.233. The maximum absolute atomic E-state index is 13.1. The summed E-state index contributed by atoms with van der Waals surface area (Å²) in [4.78, 5) is 27.4. The zero-order chi connectivity index (χ0) is 21.0. The second-order valence-electron chi connectivity index (χ2n) is 8.13. The molecule has 158 valence electrons. The Hall–Kier alpha value is -2.50. The number of hydrogen-bond acceptors (Lipinski definition) is 4. The molecular weight excluding hydrogens is 366 g/mol. The van der Waals surface area contributed by atoms with E-state index in [1.54, 1.807) is 6.92 Å². The molecule has 3 rings (SSSR count). The average Bonchev–Trinajstić information content (AvgIpc) is 2.68. The number of carbonyl (C=O) groups excluding carboxylic acids is 2. The number of amides is 2. The van der Waals surface area contributed by atoms with Gasteiger partial charge in [0.2, 0.25) is 0 Å². The lowest BCUT2D eigenvalue weighted by Gasteiger charge is -2.31. The molecule has 1 aliphatic heterocycles. The van der Waals surface area contributed by atoms with Gasteiger partial charge in [0.25, 0.3) is 0 Å². The number of anilines is 1. The fourth-order valence-electron chi connectivity index (χ4n) is 4.38. The molecule has 29 heavy (non-hydrogen) atoms. The van der Waals surface area contributed by atoms with E-state index < -0.39 is 6.04 Å². The summed E-state index contributed by atoms with van der Waals surface area (Å²) in [6.45, 7) is 10.1. The number of ether oxygens (including phenoxy) is 1. The summed E-state index contributed by atoms with van der Waals surface area (Å²) >= 11 is 0. The minimum atomic E-state index is -0.511. The molecule has 3 atom stereocenters. The van der Waals surface area contributed by atoms with E-state index in [4.69, 9.17) is 4.74 Å². The maximum atomic E-state index is 13.1. The number of hydrogen-bond donors (Lipinski definition) is 2. The number of allylic oxidation sites excluding steroid dienone is 1. The molecule has 0 aromatic heterocycles. The van der Waals surface area contributed by atoms with Crippen LogP contribution in [0.5, 0.6) is 0 Å². The smallest absolute Gasteiger partial charge is 0.338 e. The van der Waals surface area contributed by atoms with Crippen molar-refractivity contribution in [2.24, 2.45) is 5.92 Å². The van der Waals surface area contributed by atoms with Crippen LogP contribution in [-0.2, 0) is 9.53 Å². The van der Waals surface area contributed by atoms with Crippen LogP contribution in [0.4, 0.5) is 10.5 Å². The van der Waals surface area contributed by atoms with Crippen molar-refractivity contribution in [2.75, 3.05) is 18.0 Å². The normalized spacial score (nSPS) is 24.6. The van der Waals surface area contributed by atoms with Gasteiger partial charge in [0, 0.05) is 24.5 Å². The third-order valence-electron chi connectivity index (χ3n) is 6.01. The lowest BCUT2D eigenvalue weighted by atomic mass is 9.88. The Morgan fingerprint density at radius 1 is 1.17 bits per heavy atom. The molecule has 0 spiro atoms. The first-order valence-corrected chi connectivity index (χ1v) is 10.8. The van der Waals surface area contributed by atoms with Gasteiger partial charge in [0.15, 0.2) is 0 Å². The van der Waals surface area contributed by atoms with Gasteiger partial charge in [-0.15, -0.1) is 0 Å². The third kappa shape index (κ3) is 4.92. The van der Waals surface area contributed by atoms with E-state index in [2.05, 4.69) is 36.3 Å². The summed E-state index contributed by atoms with van der Waals surface area (Å²) in [6.07, 6.45) is 4.04.